The number of rotatable bonds is 31. The fraction of sp³-hybridized carbons (Fsp3) is 0.526. The number of aliphatic hydroxyl groups excluding tert-OH is 1. The van der Waals surface area contributed by atoms with E-state index in [1.165, 1.54) is 20.8 Å². The van der Waals surface area contributed by atoms with Gasteiger partial charge in [0.2, 0.25) is 6.41 Å². The molecular formula is C38H56N2O15. The molecule has 1 rings (SSSR count). The minimum absolute atomic E-state index is 0.0280. The number of carbonyl (C=O) groups excluding carboxylic acids is 4. The quantitative estimate of drug-likeness (QED) is 0.0248. The van der Waals surface area contributed by atoms with Gasteiger partial charge in [0.1, 0.15) is 50.6 Å². The lowest BCUT2D eigenvalue weighted by molar-refractivity contribution is -0.186. The lowest BCUT2D eigenvalue weighted by atomic mass is 10.3. The Morgan fingerprint density at radius 3 is 1.71 bits per heavy atom. The molecule has 3 N–H and O–H groups in total. The third-order valence-electron chi connectivity index (χ3n) is 6.36. The Balaban J connectivity index is 2.48. The zero-order valence-electron chi connectivity index (χ0n) is 32.2. The molecule has 1 aromatic rings. The maximum Gasteiger partial charge on any atom is 0.407 e. The molecule has 3 unspecified atom stereocenters. The summed E-state index contributed by atoms with van der Waals surface area (Å²) in [7, 11) is 0. The van der Waals surface area contributed by atoms with Crippen LogP contribution in [0.2, 0.25) is 0 Å². The van der Waals surface area contributed by atoms with Crippen LogP contribution in [0.3, 0.4) is 0 Å². The van der Waals surface area contributed by atoms with E-state index in [0.29, 0.717) is 11.5 Å². The standard InChI is InChI=1S/C38H56N2O15/c1-26(2)21-48-24-32(54-37(44)39-12-14-51-34(41)27(3)4)22-46-16-18-49-30-10-9-11-31(20-30)50-19-17-47-23-33(25-53-36(43)29(7)8)55-38(45)40-13-15-52-35(42)28(5)6/h9-11,20,32-33,38,40,45H,1,3,5,7,12-19,21-25H2,2,4,6,8H3,(H,39,44). The highest BCUT2D eigenvalue weighted by Crippen LogP contribution is 2.19. The van der Waals surface area contributed by atoms with Crippen LogP contribution in [0.25, 0.3) is 0 Å². The summed E-state index contributed by atoms with van der Waals surface area (Å²) in [5.41, 5.74) is 1.50. The van der Waals surface area contributed by atoms with Crippen LogP contribution < -0.4 is 20.1 Å². The van der Waals surface area contributed by atoms with E-state index in [0.717, 1.165) is 5.57 Å². The van der Waals surface area contributed by atoms with Crippen LogP contribution in [-0.4, -0.2) is 133 Å². The molecule has 0 fully saturated rings. The van der Waals surface area contributed by atoms with Crippen molar-refractivity contribution in [2.75, 3.05) is 85.8 Å². The second-order valence-electron chi connectivity index (χ2n) is 12.0. The Hall–Kier alpha value is -4.78. The third kappa shape index (κ3) is 25.0. The first kappa shape index (κ1) is 48.2. The van der Waals surface area contributed by atoms with Crippen LogP contribution in [0.4, 0.5) is 4.79 Å². The van der Waals surface area contributed by atoms with Crippen molar-refractivity contribution in [3.63, 3.8) is 0 Å². The van der Waals surface area contributed by atoms with E-state index in [9.17, 15) is 24.3 Å². The summed E-state index contributed by atoms with van der Waals surface area (Å²) < 4.78 is 54.3. The number of carbonyl (C=O) groups is 4. The van der Waals surface area contributed by atoms with Gasteiger partial charge < -0.3 is 57.8 Å². The number of esters is 3. The summed E-state index contributed by atoms with van der Waals surface area (Å²) in [4.78, 5) is 47.1. The maximum atomic E-state index is 12.2. The third-order valence-corrected chi connectivity index (χ3v) is 6.36. The van der Waals surface area contributed by atoms with E-state index in [1.807, 2.05) is 6.92 Å². The van der Waals surface area contributed by atoms with Crippen molar-refractivity contribution >= 4 is 24.0 Å². The first-order valence-electron chi connectivity index (χ1n) is 17.4. The van der Waals surface area contributed by atoms with Crippen molar-refractivity contribution in [2.24, 2.45) is 0 Å². The number of benzene rings is 1. The predicted molar refractivity (Wildman–Crippen MR) is 199 cm³/mol. The predicted octanol–water partition coefficient (Wildman–Crippen LogP) is 2.77. The van der Waals surface area contributed by atoms with Gasteiger partial charge in [-0.15, -0.1) is 0 Å². The van der Waals surface area contributed by atoms with E-state index < -0.39 is 42.6 Å². The Bertz CT molecular complexity index is 1400. The van der Waals surface area contributed by atoms with Crippen molar-refractivity contribution in [1.82, 2.24) is 10.6 Å². The normalized spacial score (nSPS) is 12.3. The molecular weight excluding hydrogens is 724 g/mol. The smallest absolute Gasteiger partial charge is 0.407 e. The molecule has 0 heterocycles. The fourth-order valence-electron chi connectivity index (χ4n) is 3.71. The first-order chi connectivity index (χ1) is 26.2. The van der Waals surface area contributed by atoms with Gasteiger partial charge in [-0.3, -0.25) is 5.32 Å². The Morgan fingerprint density at radius 2 is 1.16 bits per heavy atom. The number of aliphatic hydroxyl groups is 1. The van der Waals surface area contributed by atoms with Gasteiger partial charge in [-0.2, -0.15) is 0 Å². The van der Waals surface area contributed by atoms with Crippen LogP contribution in [0.5, 0.6) is 11.5 Å². The van der Waals surface area contributed by atoms with E-state index in [-0.39, 0.29) is 102 Å². The van der Waals surface area contributed by atoms with Crippen LogP contribution in [0.1, 0.15) is 27.7 Å². The van der Waals surface area contributed by atoms with Crippen LogP contribution in [0, 0.1) is 0 Å². The Morgan fingerprint density at radius 1 is 0.655 bits per heavy atom. The van der Waals surface area contributed by atoms with Gasteiger partial charge in [-0.25, -0.2) is 19.2 Å². The number of alkyl carbamates (subject to hydrolysis) is 1. The SMILES string of the molecule is C=C(C)COCC(COCCOc1cccc(OCCOCC(COC(=O)C(=C)C)OC(O)NCCOC(=O)C(=C)C)c1)OC(=O)NCCOC(=O)C(=C)C. The zero-order chi connectivity index (χ0) is 41.0. The largest absolute Gasteiger partial charge is 0.491 e. The minimum atomic E-state index is -1.47. The molecule has 17 nitrogen and oxygen atoms in total. The van der Waals surface area contributed by atoms with Crippen molar-refractivity contribution < 1.29 is 71.7 Å². The number of ether oxygens (including phenoxy) is 10. The van der Waals surface area contributed by atoms with Crippen molar-refractivity contribution in [3.8, 4) is 11.5 Å². The highest BCUT2D eigenvalue weighted by molar-refractivity contribution is 5.87. The topological polar surface area (TPSA) is 205 Å². The molecule has 1 amide bonds. The molecule has 0 spiro atoms. The van der Waals surface area contributed by atoms with E-state index >= 15 is 0 Å². The zero-order valence-corrected chi connectivity index (χ0v) is 32.2. The summed E-state index contributed by atoms with van der Waals surface area (Å²) in [6, 6.07) is 6.93. The first-order valence-corrected chi connectivity index (χ1v) is 17.4. The van der Waals surface area contributed by atoms with Gasteiger partial charge in [0.25, 0.3) is 0 Å². The van der Waals surface area contributed by atoms with Gasteiger partial charge >= 0.3 is 24.0 Å². The number of nitrogens with one attached hydrogen (secondary N) is 2. The van der Waals surface area contributed by atoms with E-state index in [1.54, 1.807) is 24.3 Å². The van der Waals surface area contributed by atoms with Crippen molar-refractivity contribution in [3.05, 3.63) is 72.9 Å². The second-order valence-corrected chi connectivity index (χ2v) is 12.0. The minimum Gasteiger partial charge on any atom is -0.491 e. The Kier molecular flexibility index (Phi) is 25.1. The van der Waals surface area contributed by atoms with E-state index in [4.69, 9.17) is 47.4 Å². The van der Waals surface area contributed by atoms with Crippen molar-refractivity contribution in [2.45, 2.75) is 46.3 Å². The molecule has 55 heavy (non-hydrogen) atoms. The molecule has 0 radical (unpaired) electrons. The molecule has 17 heteroatoms. The number of hydrogen-bond donors (Lipinski definition) is 3. The van der Waals surface area contributed by atoms with Gasteiger partial charge in [0, 0.05) is 29.3 Å². The molecule has 1 aromatic carbocycles. The molecule has 0 bridgehead atoms. The number of amides is 1. The summed E-state index contributed by atoms with van der Waals surface area (Å²) in [5, 5.41) is 15.3. The average Bonchev–Trinajstić information content (AvgIpc) is 3.13. The molecule has 308 valence electrons. The molecule has 0 saturated carbocycles. The molecule has 0 aliphatic heterocycles. The maximum absolute atomic E-state index is 12.2. The van der Waals surface area contributed by atoms with Gasteiger partial charge in [-0.1, -0.05) is 38.0 Å². The van der Waals surface area contributed by atoms with Crippen LogP contribution >= 0.6 is 0 Å². The van der Waals surface area contributed by atoms with E-state index in [2.05, 4.69) is 36.9 Å². The highest BCUT2D eigenvalue weighted by atomic mass is 16.7. The summed E-state index contributed by atoms with van der Waals surface area (Å²) in [6.45, 7) is 21.5. The molecule has 0 aliphatic carbocycles. The summed E-state index contributed by atoms with van der Waals surface area (Å²) in [6.07, 6.45) is -3.77. The molecule has 3 atom stereocenters. The van der Waals surface area contributed by atoms with Crippen LogP contribution in [-0.2, 0) is 52.3 Å². The summed E-state index contributed by atoms with van der Waals surface area (Å²) in [5.74, 6) is -0.696. The Labute approximate surface area is 322 Å². The monoisotopic (exact) mass is 780 g/mol. The summed E-state index contributed by atoms with van der Waals surface area (Å²) >= 11 is 0. The highest BCUT2D eigenvalue weighted by Gasteiger charge is 2.19. The molecule has 0 saturated heterocycles. The van der Waals surface area contributed by atoms with Gasteiger partial charge in [0.15, 0.2) is 6.10 Å². The van der Waals surface area contributed by atoms with Crippen LogP contribution in [0.15, 0.2) is 72.9 Å². The lowest BCUT2D eigenvalue weighted by Gasteiger charge is -2.22. The van der Waals surface area contributed by atoms with Gasteiger partial charge in [-0.05, 0) is 39.8 Å². The van der Waals surface area contributed by atoms with Gasteiger partial charge in [0.05, 0.1) is 46.2 Å². The lowest BCUT2D eigenvalue weighted by Crippen LogP contribution is -2.40. The average molecular weight is 781 g/mol. The van der Waals surface area contributed by atoms with Crippen molar-refractivity contribution in [1.29, 1.82) is 0 Å². The number of hydrogen-bond acceptors (Lipinski definition) is 16. The second kappa shape index (κ2) is 28.6. The fourth-order valence-corrected chi connectivity index (χ4v) is 3.71. The molecule has 0 aliphatic rings. The molecule has 0 aromatic heterocycles.